The number of hydrogen-bond donors (Lipinski definition) is 3. The molecular formula is C38H48Br2N8O6. The van der Waals surface area contributed by atoms with Crippen molar-refractivity contribution in [2.24, 2.45) is 0 Å². The summed E-state index contributed by atoms with van der Waals surface area (Å²) in [5.41, 5.74) is 8.70. The Hall–Kier alpha value is -4.44. The molecule has 0 radical (unpaired) electrons. The van der Waals surface area contributed by atoms with E-state index in [2.05, 4.69) is 52.5 Å². The molecule has 2 fully saturated rings. The van der Waals surface area contributed by atoms with Crippen molar-refractivity contribution in [1.29, 1.82) is 0 Å². The summed E-state index contributed by atoms with van der Waals surface area (Å²) in [7, 11) is 0. The molecular weight excluding hydrogens is 824 g/mol. The van der Waals surface area contributed by atoms with Gasteiger partial charge >= 0.3 is 17.9 Å². The van der Waals surface area contributed by atoms with Gasteiger partial charge in [-0.3, -0.25) is 15.1 Å². The fraction of sp³-hybridized carbons (Fsp3) is 0.474. The summed E-state index contributed by atoms with van der Waals surface area (Å²) in [4.78, 5) is 47.5. The van der Waals surface area contributed by atoms with Crippen LogP contribution in [-0.4, -0.2) is 86.3 Å². The second-order valence-electron chi connectivity index (χ2n) is 15.5. The molecule has 16 heteroatoms. The number of ether oxygens (including phenoxy) is 2. The maximum atomic E-state index is 12.2. The van der Waals surface area contributed by atoms with E-state index in [0.717, 1.165) is 38.4 Å². The Morgan fingerprint density at radius 1 is 0.759 bits per heavy atom. The number of nitrogen functional groups attached to an aromatic ring is 1. The molecule has 2 saturated heterocycles. The van der Waals surface area contributed by atoms with Crippen molar-refractivity contribution in [3.8, 4) is 0 Å². The van der Waals surface area contributed by atoms with E-state index in [9.17, 15) is 19.7 Å². The lowest BCUT2D eigenvalue weighted by Gasteiger charge is -2.34. The van der Waals surface area contributed by atoms with E-state index in [0.29, 0.717) is 61.3 Å². The Morgan fingerprint density at radius 3 is 1.59 bits per heavy atom. The standard InChI is InChI=1S/C19H23BrN4O4.C19H25BrN4O2/c1-19(2,3)28-18(25)23-8-6-13(7-9-23)22-17-14-10-12(20)4-5-15(14)21-11-16(17)24(26)27;1-19(2,3)26-18(25)24-8-6-13(7-9-24)23-17-14-10-12(20)4-5-16(14)22-11-15(17)21/h4-5,10-11,13H,6-9H2,1-3H3,(H,21,22);4-5,10-11,13H,6-9,21H2,1-3H3,(H,22,23). The van der Waals surface area contributed by atoms with E-state index >= 15 is 0 Å². The highest BCUT2D eigenvalue weighted by atomic mass is 79.9. The zero-order valence-corrected chi connectivity index (χ0v) is 34.6. The van der Waals surface area contributed by atoms with Crippen LogP contribution >= 0.6 is 31.9 Å². The summed E-state index contributed by atoms with van der Waals surface area (Å²) in [5, 5.41) is 20.1. The summed E-state index contributed by atoms with van der Waals surface area (Å²) < 4.78 is 12.7. The number of pyridine rings is 2. The quantitative estimate of drug-likeness (QED) is 0.129. The number of likely N-dealkylation sites (tertiary alicyclic amines) is 2. The number of carbonyl (C=O) groups is 2. The number of nitro groups is 1. The number of nitrogens with zero attached hydrogens (tertiary/aromatic N) is 5. The van der Waals surface area contributed by atoms with Crippen molar-refractivity contribution in [2.75, 3.05) is 42.5 Å². The second kappa shape index (κ2) is 16.9. The highest BCUT2D eigenvalue weighted by Crippen LogP contribution is 2.35. The smallest absolute Gasteiger partial charge is 0.410 e. The number of anilines is 3. The molecule has 4 aromatic rings. The number of halogens is 2. The highest BCUT2D eigenvalue weighted by Gasteiger charge is 2.30. The lowest BCUT2D eigenvalue weighted by Crippen LogP contribution is -2.44. The van der Waals surface area contributed by atoms with Crippen LogP contribution in [0.5, 0.6) is 0 Å². The lowest BCUT2D eigenvalue weighted by molar-refractivity contribution is -0.384. The average molecular weight is 873 g/mol. The number of carbonyl (C=O) groups excluding carboxylic acids is 2. The van der Waals surface area contributed by atoms with Crippen LogP contribution in [0.3, 0.4) is 0 Å². The predicted molar refractivity (Wildman–Crippen MR) is 219 cm³/mol. The summed E-state index contributed by atoms with van der Waals surface area (Å²) in [6.45, 7) is 13.6. The van der Waals surface area contributed by atoms with Gasteiger partial charge in [0.25, 0.3) is 0 Å². The van der Waals surface area contributed by atoms with Crippen molar-refractivity contribution in [1.82, 2.24) is 19.8 Å². The zero-order valence-electron chi connectivity index (χ0n) is 31.4. The van der Waals surface area contributed by atoms with Gasteiger partial charge in [-0.2, -0.15) is 0 Å². The van der Waals surface area contributed by atoms with Gasteiger partial charge in [0.1, 0.15) is 23.1 Å². The van der Waals surface area contributed by atoms with Crippen molar-refractivity contribution < 1.29 is 24.0 Å². The molecule has 0 aliphatic carbocycles. The first-order valence-electron chi connectivity index (χ1n) is 17.9. The molecule has 0 atom stereocenters. The molecule has 14 nitrogen and oxygen atoms in total. The van der Waals surface area contributed by atoms with Crippen LogP contribution in [0.4, 0.5) is 32.3 Å². The maximum Gasteiger partial charge on any atom is 0.410 e. The van der Waals surface area contributed by atoms with Crippen molar-refractivity contribution in [3.05, 3.63) is 67.9 Å². The van der Waals surface area contributed by atoms with E-state index in [1.807, 2.05) is 77.9 Å². The molecule has 0 saturated carbocycles. The van der Waals surface area contributed by atoms with Gasteiger partial charge < -0.3 is 35.6 Å². The topological polar surface area (TPSA) is 178 Å². The third-order valence-corrected chi connectivity index (χ3v) is 9.84. The van der Waals surface area contributed by atoms with E-state index < -0.39 is 16.1 Å². The van der Waals surface area contributed by atoms with Crippen molar-refractivity contribution >= 4 is 88.6 Å². The SMILES string of the molecule is CC(C)(C)OC(=O)N1CCC(Nc2c(N)cnc3ccc(Br)cc23)CC1.CC(C)(C)OC(=O)N1CCC(Nc2c([N+](=O)[O-])cnc3ccc(Br)cc23)CC1. The van der Waals surface area contributed by atoms with Gasteiger partial charge in [-0.15, -0.1) is 0 Å². The monoisotopic (exact) mass is 870 g/mol. The summed E-state index contributed by atoms with van der Waals surface area (Å²) >= 11 is 6.93. The minimum atomic E-state index is -0.532. The van der Waals surface area contributed by atoms with Crippen molar-refractivity contribution in [2.45, 2.75) is 90.5 Å². The van der Waals surface area contributed by atoms with Crippen LogP contribution in [0.25, 0.3) is 21.8 Å². The van der Waals surface area contributed by atoms with E-state index in [4.69, 9.17) is 15.2 Å². The lowest BCUT2D eigenvalue weighted by atomic mass is 10.0. The van der Waals surface area contributed by atoms with E-state index in [-0.39, 0.29) is 30.0 Å². The Labute approximate surface area is 331 Å². The Morgan fingerprint density at radius 2 is 1.17 bits per heavy atom. The Kier molecular flexibility index (Phi) is 12.8. The molecule has 54 heavy (non-hydrogen) atoms. The minimum Gasteiger partial charge on any atom is -0.444 e. The number of nitrogens with one attached hydrogen (secondary N) is 2. The first-order chi connectivity index (χ1) is 25.4. The van der Waals surface area contributed by atoms with Gasteiger partial charge in [0.05, 0.1) is 33.5 Å². The molecule has 6 rings (SSSR count). The van der Waals surface area contributed by atoms with Crippen LogP contribution in [0, 0.1) is 10.1 Å². The number of hydrogen-bond acceptors (Lipinski definition) is 11. The van der Waals surface area contributed by atoms with Crippen LogP contribution in [0.1, 0.15) is 67.2 Å². The fourth-order valence-corrected chi connectivity index (χ4v) is 6.98. The summed E-state index contributed by atoms with van der Waals surface area (Å²) in [6, 6.07) is 11.7. The molecule has 0 bridgehead atoms. The molecule has 2 aliphatic heterocycles. The average Bonchev–Trinajstić information content (AvgIpc) is 3.09. The predicted octanol–water partition coefficient (Wildman–Crippen LogP) is 9.11. The van der Waals surface area contributed by atoms with E-state index in [1.165, 1.54) is 6.20 Å². The van der Waals surface area contributed by atoms with Crippen LogP contribution in [0.2, 0.25) is 0 Å². The third-order valence-electron chi connectivity index (χ3n) is 8.86. The maximum absolute atomic E-state index is 12.2. The number of rotatable bonds is 5. The van der Waals surface area contributed by atoms with Gasteiger partial charge in [0.15, 0.2) is 0 Å². The molecule has 2 aromatic carbocycles. The number of piperidine rings is 2. The van der Waals surface area contributed by atoms with Gasteiger partial charge in [0.2, 0.25) is 0 Å². The second-order valence-corrected chi connectivity index (χ2v) is 17.3. The largest absolute Gasteiger partial charge is 0.444 e. The Bertz CT molecular complexity index is 2000. The number of nitrogens with two attached hydrogens (primary N) is 1. The van der Waals surface area contributed by atoms with Crippen molar-refractivity contribution in [3.63, 3.8) is 0 Å². The third kappa shape index (κ3) is 10.8. The summed E-state index contributed by atoms with van der Waals surface area (Å²) in [5.74, 6) is 0. The van der Waals surface area contributed by atoms with Crippen LogP contribution in [-0.2, 0) is 9.47 Å². The highest BCUT2D eigenvalue weighted by molar-refractivity contribution is 9.10. The molecule has 4 heterocycles. The zero-order chi connectivity index (χ0) is 39.4. The van der Waals surface area contributed by atoms with E-state index in [1.54, 1.807) is 16.0 Å². The first kappa shape index (κ1) is 40.7. The van der Waals surface area contributed by atoms with Crippen LogP contribution < -0.4 is 16.4 Å². The molecule has 0 unspecified atom stereocenters. The minimum absolute atomic E-state index is 0.0157. The molecule has 290 valence electrons. The van der Waals surface area contributed by atoms with Gasteiger partial charge in [-0.25, -0.2) is 14.6 Å². The first-order valence-corrected chi connectivity index (χ1v) is 19.5. The van der Waals surface area contributed by atoms with Crippen LogP contribution in [0.15, 0.2) is 57.7 Å². The molecule has 2 amide bonds. The normalized spacial score (nSPS) is 15.7. The molecule has 4 N–H and O–H groups in total. The molecule has 2 aromatic heterocycles. The van der Waals surface area contributed by atoms with Gasteiger partial charge in [-0.05, 0) is 104 Å². The number of aromatic nitrogens is 2. The van der Waals surface area contributed by atoms with Gasteiger partial charge in [-0.1, -0.05) is 31.9 Å². The number of fused-ring (bicyclic) bond motifs is 2. The fourth-order valence-electron chi connectivity index (χ4n) is 6.26. The Balaban J connectivity index is 0.000000208. The number of amides is 2. The molecule has 0 spiro atoms. The molecule has 2 aliphatic rings. The van der Waals surface area contributed by atoms with Gasteiger partial charge in [0, 0.05) is 58.0 Å². The number of benzene rings is 2. The summed E-state index contributed by atoms with van der Waals surface area (Å²) in [6.07, 6.45) is 5.45.